The Bertz CT molecular complexity index is 924. The summed E-state index contributed by atoms with van der Waals surface area (Å²) < 4.78 is 18.5. The molecule has 26 heavy (non-hydrogen) atoms. The number of amides is 1. The van der Waals surface area contributed by atoms with E-state index in [4.69, 9.17) is 4.74 Å². The van der Waals surface area contributed by atoms with Crippen molar-refractivity contribution >= 4 is 5.91 Å². The van der Waals surface area contributed by atoms with Crippen LogP contribution < -0.4 is 0 Å². The van der Waals surface area contributed by atoms with Crippen LogP contribution in [0.5, 0.6) is 0 Å². The van der Waals surface area contributed by atoms with Gasteiger partial charge >= 0.3 is 0 Å². The van der Waals surface area contributed by atoms with Crippen LogP contribution in [0.25, 0.3) is 11.3 Å². The third kappa shape index (κ3) is 2.66. The lowest BCUT2D eigenvalue weighted by Crippen LogP contribution is -2.32. The summed E-state index contributed by atoms with van der Waals surface area (Å²) in [4.78, 5) is 18.8. The number of fused-ring (bicyclic) bond motifs is 1. The number of nitrogens with one attached hydrogen (secondary N) is 1. The van der Waals surface area contributed by atoms with Crippen molar-refractivity contribution in [3.8, 4) is 11.3 Å². The number of rotatable bonds is 5. The largest absolute Gasteiger partial charge is 0.383 e. The van der Waals surface area contributed by atoms with Crippen LogP contribution in [-0.4, -0.2) is 46.2 Å². The van der Waals surface area contributed by atoms with Crippen LogP contribution in [-0.2, 0) is 4.74 Å². The topological polar surface area (TPSA) is 71.1 Å². The molecule has 7 heteroatoms. The Morgan fingerprint density at radius 3 is 2.77 bits per heavy atom. The summed E-state index contributed by atoms with van der Waals surface area (Å²) >= 11 is 0. The van der Waals surface area contributed by atoms with Crippen molar-refractivity contribution < 1.29 is 13.9 Å². The average Bonchev–Trinajstić information content (AvgIpc) is 3.21. The van der Waals surface area contributed by atoms with Crippen molar-refractivity contribution in [2.45, 2.75) is 6.04 Å². The lowest BCUT2D eigenvalue weighted by molar-refractivity contribution is 0.0677. The number of aromatic nitrogens is 3. The summed E-state index contributed by atoms with van der Waals surface area (Å²) in [5.41, 5.74) is 3.52. The Kier molecular flexibility index (Phi) is 4.22. The van der Waals surface area contributed by atoms with Gasteiger partial charge in [0.15, 0.2) is 0 Å². The third-order valence-corrected chi connectivity index (χ3v) is 4.52. The molecule has 0 aliphatic carbocycles. The highest BCUT2D eigenvalue weighted by Crippen LogP contribution is 2.42. The molecule has 1 atom stereocenters. The molecule has 0 spiro atoms. The molecule has 0 fully saturated rings. The summed E-state index contributed by atoms with van der Waals surface area (Å²) in [6.07, 6.45) is 3.44. The molecule has 0 bridgehead atoms. The van der Waals surface area contributed by atoms with E-state index in [1.54, 1.807) is 36.5 Å². The number of halogens is 1. The van der Waals surface area contributed by atoms with E-state index in [0.717, 1.165) is 16.7 Å². The van der Waals surface area contributed by atoms with Crippen LogP contribution in [0.15, 0.2) is 48.8 Å². The third-order valence-electron chi connectivity index (χ3n) is 4.52. The first kappa shape index (κ1) is 16.4. The molecule has 0 saturated heterocycles. The second kappa shape index (κ2) is 6.68. The second-order valence-corrected chi connectivity index (χ2v) is 6.05. The van der Waals surface area contributed by atoms with Gasteiger partial charge in [-0.2, -0.15) is 5.10 Å². The lowest BCUT2D eigenvalue weighted by Gasteiger charge is -2.25. The molecule has 132 valence electrons. The number of ether oxygens (including phenoxy) is 1. The maximum Gasteiger partial charge on any atom is 0.273 e. The molecular weight excluding hydrogens is 335 g/mol. The summed E-state index contributed by atoms with van der Waals surface area (Å²) in [5.74, 6) is -0.450. The number of hydrogen-bond donors (Lipinski definition) is 1. The van der Waals surface area contributed by atoms with Gasteiger partial charge in [-0.05, 0) is 35.9 Å². The fourth-order valence-corrected chi connectivity index (χ4v) is 3.33. The van der Waals surface area contributed by atoms with E-state index in [1.807, 2.05) is 12.1 Å². The van der Waals surface area contributed by atoms with Crippen molar-refractivity contribution in [1.29, 1.82) is 0 Å². The van der Waals surface area contributed by atoms with Crippen LogP contribution in [0.2, 0.25) is 0 Å². The number of H-pyrrole nitrogens is 1. The summed E-state index contributed by atoms with van der Waals surface area (Å²) in [7, 11) is 1.60. The minimum absolute atomic E-state index is 0.133. The van der Waals surface area contributed by atoms with Gasteiger partial charge < -0.3 is 9.64 Å². The van der Waals surface area contributed by atoms with Gasteiger partial charge in [0.05, 0.1) is 18.3 Å². The normalized spacial score (nSPS) is 16.2. The first-order chi connectivity index (χ1) is 12.7. The fourth-order valence-electron chi connectivity index (χ4n) is 3.33. The average molecular weight is 352 g/mol. The predicted molar refractivity (Wildman–Crippen MR) is 93.0 cm³/mol. The van der Waals surface area contributed by atoms with E-state index in [-0.39, 0.29) is 17.8 Å². The van der Waals surface area contributed by atoms with E-state index >= 15 is 0 Å². The minimum Gasteiger partial charge on any atom is -0.383 e. The zero-order chi connectivity index (χ0) is 18.1. The number of nitrogens with zero attached hydrogens (tertiary/aromatic N) is 3. The molecule has 2 aromatic heterocycles. The zero-order valence-corrected chi connectivity index (χ0v) is 14.1. The lowest BCUT2D eigenvalue weighted by atomic mass is 9.97. The first-order valence-corrected chi connectivity index (χ1v) is 8.24. The summed E-state index contributed by atoms with van der Waals surface area (Å²) in [6, 6.07) is 9.54. The Morgan fingerprint density at radius 2 is 2.08 bits per heavy atom. The maximum absolute atomic E-state index is 13.3. The van der Waals surface area contributed by atoms with Crippen LogP contribution >= 0.6 is 0 Å². The SMILES string of the molecule is COCCN1C(=O)c2[nH]nc(-c3ccc(F)cc3)c2C1c1cccnc1. The number of benzene rings is 1. The molecule has 1 aliphatic rings. The molecule has 1 unspecified atom stereocenters. The van der Waals surface area contributed by atoms with Gasteiger partial charge in [-0.15, -0.1) is 0 Å². The van der Waals surface area contributed by atoms with Gasteiger partial charge in [0.25, 0.3) is 5.91 Å². The molecule has 0 saturated carbocycles. The van der Waals surface area contributed by atoms with Gasteiger partial charge in [-0.3, -0.25) is 14.9 Å². The van der Waals surface area contributed by atoms with Crippen LogP contribution in [0.4, 0.5) is 4.39 Å². The van der Waals surface area contributed by atoms with E-state index in [1.165, 1.54) is 12.1 Å². The second-order valence-electron chi connectivity index (χ2n) is 6.05. The van der Waals surface area contributed by atoms with Gasteiger partial charge in [-0.1, -0.05) is 6.07 Å². The highest BCUT2D eigenvalue weighted by molar-refractivity contribution is 6.00. The van der Waals surface area contributed by atoms with Crippen LogP contribution in [0.3, 0.4) is 0 Å². The zero-order valence-electron chi connectivity index (χ0n) is 14.1. The number of methoxy groups -OCH3 is 1. The number of aromatic amines is 1. The van der Waals surface area contributed by atoms with Gasteiger partial charge in [-0.25, -0.2) is 4.39 Å². The number of hydrogen-bond acceptors (Lipinski definition) is 4. The van der Waals surface area contributed by atoms with E-state index in [2.05, 4.69) is 15.2 Å². The highest BCUT2D eigenvalue weighted by atomic mass is 19.1. The number of pyridine rings is 1. The van der Waals surface area contributed by atoms with E-state index in [9.17, 15) is 9.18 Å². The van der Waals surface area contributed by atoms with Crippen molar-refractivity contribution in [3.05, 3.63) is 71.4 Å². The molecule has 6 nitrogen and oxygen atoms in total. The molecule has 4 rings (SSSR count). The van der Waals surface area contributed by atoms with Gasteiger partial charge in [0.2, 0.25) is 0 Å². The number of carbonyl (C=O) groups is 1. The van der Waals surface area contributed by atoms with Crippen molar-refractivity contribution in [1.82, 2.24) is 20.1 Å². The van der Waals surface area contributed by atoms with Gasteiger partial charge in [0.1, 0.15) is 11.5 Å². The van der Waals surface area contributed by atoms with Gasteiger partial charge in [0, 0.05) is 37.2 Å². The molecular formula is C19H17FN4O2. The summed E-state index contributed by atoms with van der Waals surface area (Å²) in [6.45, 7) is 0.867. The Balaban J connectivity index is 1.85. The Morgan fingerprint density at radius 1 is 1.27 bits per heavy atom. The molecule has 1 aromatic carbocycles. The fraction of sp³-hybridized carbons (Fsp3) is 0.211. The minimum atomic E-state index is -0.319. The molecule has 1 aliphatic heterocycles. The molecule has 1 amide bonds. The highest BCUT2D eigenvalue weighted by Gasteiger charge is 2.41. The first-order valence-electron chi connectivity index (χ1n) is 8.24. The van der Waals surface area contributed by atoms with Crippen molar-refractivity contribution in [2.24, 2.45) is 0 Å². The predicted octanol–water partition coefficient (Wildman–Crippen LogP) is 2.80. The Labute approximate surface area is 149 Å². The Hall–Kier alpha value is -3.06. The molecule has 3 heterocycles. The van der Waals surface area contributed by atoms with Crippen molar-refractivity contribution in [2.75, 3.05) is 20.3 Å². The summed E-state index contributed by atoms with van der Waals surface area (Å²) in [5, 5.41) is 7.19. The van der Waals surface area contributed by atoms with E-state index in [0.29, 0.717) is 24.5 Å². The monoisotopic (exact) mass is 352 g/mol. The maximum atomic E-state index is 13.3. The molecule has 3 aromatic rings. The molecule has 1 N–H and O–H groups in total. The molecule has 0 radical (unpaired) electrons. The van der Waals surface area contributed by atoms with E-state index < -0.39 is 0 Å². The smallest absolute Gasteiger partial charge is 0.273 e. The van der Waals surface area contributed by atoms with Crippen LogP contribution in [0, 0.1) is 5.82 Å². The van der Waals surface area contributed by atoms with Crippen LogP contribution in [0.1, 0.15) is 27.7 Å². The quantitative estimate of drug-likeness (QED) is 0.766. The number of carbonyl (C=O) groups excluding carboxylic acids is 1. The standard InChI is InChI=1S/C19H17FN4O2/c1-26-10-9-24-18(13-3-2-8-21-11-13)15-16(22-23-17(15)19(24)25)12-4-6-14(20)7-5-12/h2-8,11,18H,9-10H2,1H3,(H,22,23). The van der Waals surface area contributed by atoms with Crippen molar-refractivity contribution in [3.63, 3.8) is 0 Å².